The number of alkyl halides is 3. The van der Waals surface area contributed by atoms with E-state index in [1.807, 2.05) is 0 Å². The quantitative estimate of drug-likeness (QED) is 0.516. The molecule has 0 aliphatic carbocycles. The highest BCUT2D eigenvalue weighted by molar-refractivity contribution is 7.80. The van der Waals surface area contributed by atoms with E-state index in [1.165, 1.54) is 0 Å². The van der Waals surface area contributed by atoms with Crippen molar-refractivity contribution in [2.45, 2.75) is 6.18 Å². The lowest BCUT2D eigenvalue weighted by Crippen LogP contribution is -2.02. The lowest BCUT2D eigenvalue weighted by molar-refractivity contribution is -0.0812. The highest BCUT2D eigenvalue weighted by Crippen LogP contribution is 2.19. The molecule has 0 saturated carbocycles. The minimum Gasteiger partial charge on any atom is -0.211 e. The fraction of sp³-hybridized carbons (Fsp3) is 0.500. The van der Waals surface area contributed by atoms with E-state index in [0.29, 0.717) is 0 Å². The molecule has 1 radical (unpaired) electrons. The maximum Gasteiger partial charge on any atom is 0.412 e. The Morgan fingerprint density at radius 1 is 1.44 bits per heavy atom. The molecule has 0 aromatic heterocycles. The Balaban J connectivity index is 3.95. The van der Waals surface area contributed by atoms with Crippen molar-refractivity contribution in [1.29, 1.82) is 0 Å². The average Bonchev–Trinajstić information content (AvgIpc) is 1.62. The Bertz CT molecular complexity index is 114. The summed E-state index contributed by atoms with van der Waals surface area (Å²) in [7, 11) is 0. The molecule has 9 heavy (non-hydrogen) atoms. The van der Waals surface area contributed by atoms with Gasteiger partial charge < -0.3 is 0 Å². The van der Waals surface area contributed by atoms with Crippen LogP contribution in [0.1, 0.15) is 0 Å². The SMILES string of the molecule is FC(=CC(F)(F)F)C[S]. The Hall–Kier alpha value is -0.190. The van der Waals surface area contributed by atoms with Gasteiger partial charge >= 0.3 is 6.18 Å². The third kappa shape index (κ3) is 5.68. The molecule has 0 aliphatic heterocycles. The summed E-state index contributed by atoms with van der Waals surface area (Å²) in [6, 6.07) is 0. The van der Waals surface area contributed by atoms with Crippen LogP contribution in [0.3, 0.4) is 0 Å². The summed E-state index contributed by atoms with van der Waals surface area (Å²) in [5.41, 5.74) is 0. The molecule has 0 saturated heterocycles. The Morgan fingerprint density at radius 2 is 1.89 bits per heavy atom. The van der Waals surface area contributed by atoms with Gasteiger partial charge in [0.2, 0.25) is 0 Å². The van der Waals surface area contributed by atoms with Gasteiger partial charge in [0.1, 0.15) is 5.83 Å². The van der Waals surface area contributed by atoms with Gasteiger partial charge in [-0.1, -0.05) is 12.6 Å². The Labute approximate surface area is 55.0 Å². The predicted octanol–water partition coefficient (Wildman–Crippen LogP) is 2.60. The van der Waals surface area contributed by atoms with Crippen LogP contribution in [0.5, 0.6) is 0 Å². The van der Waals surface area contributed by atoms with Crippen LogP contribution < -0.4 is 0 Å². The van der Waals surface area contributed by atoms with Gasteiger partial charge in [-0.3, -0.25) is 0 Å². The van der Waals surface area contributed by atoms with Crippen molar-refractivity contribution in [2.75, 3.05) is 5.75 Å². The molecule has 0 aromatic rings. The monoisotopic (exact) mass is 159 g/mol. The van der Waals surface area contributed by atoms with Crippen LogP contribution in [-0.4, -0.2) is 11.9 Å². The maximum atomic E-state index is 11.7. The largest absolute Gasteiger partial charge is 0.412 e. The summed E-state index contributed by atoms with van der Waals surface area (Å²) in [4.78, 5) is 0. The number of halogens is 4. The molecule has 0 rings (SSSR count). The molecule has 0 spiro atoms. The van der Waals surface area contributed by atoms with E-state index in [1.54, 1.807) is 0 Å². The molecular formula is C4H3F4S. The van der Waals surface area contributed by atoms with E-state index in [9.17, 15) is 17.6 Å². The first kappa shape index (κ1) is 8.81. The first-order valence-electron chi connectivity index (χ1n) is 1.98. The second kappa shape index (κ2) is 3.10. The lowest BCUT2D eigenvalue weighted by Gasteiger charge is -1.96. The molecule has 0 N–H and O–H groups in total. The van der Waals surface area contributed by atoms with Gasteiger partial charge in [-0.2, -0.15) is 13.2 Å². The molecule has 0 atom stereocenters. The van der Waals surface area contributed by atoms with Gasteiger partial charge in [-0.25, -0.2) is 4.39 Å². The van der Waals surface area contributed by atoms with Crippen molar-refractivity contribution >= 4 is 12.6 Å². The van der Waals surface area contributed by atoms with Crippen molar-refractivity contribution < 1.29 is 17.6 Å². The van der Waals surface area contributed by atoms with E-state index in [2.05, 4.69) is 12.6 Å². The standard InChI is InChI=1S/C4H3F4S/c5-3(2-9)1-4(6,7)8/h1H,2H2. The van der Waals surface area contributed by atoms with Crippen molar-refractivity contribution in [2.24, 2.45) is 0 Å². The van der Waals surface area contributed by atoms with Crippen LogP contribution in [0.2, 0.25) is 0 Å². The van der Waals surface area contributed by atoms with Crippen LogP contribution in [-0.2, 0) is 0 Å². The van der Waals surface area contributed by atoms with Crippen molar-refractivity contribution in [3.63, 3.8) is 0 Å². The molecule has 53 valence electrons. The van der Waals surface area contributed by atoms with E-state index in [4.69, 9.17) is 0 Å². The van der Waals surface area contributed by atoms with Crippen molar-refractivity contribution in [3.8, 4) is 0 Å². The Kier molecular flexibility index (Phi) is 3.03. The van der Waals surface area contributed by atoms with E-state index >= 15 is 0 Å². The summed E-state index contributed by atoms with van der Waals surface area (Å²) in [6.07, 6.45) is -5.02. The Morgan fingerprint density at radius 3 is 2.00 bits per heavy atom. The van der Waals surface area contributed by atoms with Crippen molar-refractivity contribution in [1.82, 2.24) is 0 Å². The normalized spacial score (nSPS) is 14.1. The topological polar surface area (TPSA) is 0 Å². The molecule has 0 nitrogen and oxygen atoms in total. The number of rotatable bonds is 1. The van der Waals surface area contributed by atoms with Crippen LogP contribution in [0, 0.1) is 0 Å². The summed E-state index contributed by atoms with van der Waals surface area (Å²) in [6.45, 7) is 0. The van der Waals surface area contributed by atoms with Gasteiger partial charge in [-0.15, -0.1) is 0 Å². The second-order valence-corrected chi connectivity index (χ2v) is 1.57. The average molecular weight is 159 g/mol. The first-order valence-corrected chi connectivity index (χ1v) is 2.55. The smallest absolute Gasteiger partial charge is 0.211 e. The van der Waals surface area contributed by atoms with Crippen LogP contribution in [0.4, 0.5) is 17.6 Å². The number of allylic oxidation sites excluding steroid dienone is 1. The van der Waals surface area contributed by atoms with Crippen LogP contribution >= 0.6 is 12.6 Å². The van der Waals surface area contributed by atoms with E-state index in [0.717, 1.165) is 0 Å². The lowest BCUT2D eigenvalue weighted by atomic mass is 10.5. The minimum atomic E-state index is -4.58. The molecule has 0 aliphatic rings. The van der Waals surface area contributed by atoms with Crippen LogP contribution in [0.25, 0.3) is 0 Å². The molecule has 5 heteroatoms. The first-order chi connectivity index (χ1) is 3.95. The summed E-state index contributed by atoms with van der Waals surface area (Å²) in [5, 5.41) is 0. The second-order valence-electron chi connectivity index (χ2n) is 1.28. The highest BCUT2D eigenvalue weighted by Gasteiger charge is 2.24. The van der Waals surface area contributed by atoms with Gasteiger partial charge in [0.25, 0.3) is 0 Å². The van der Waals surface area contributed by atoms with Gasteiger partial charge in [0, 0.05) is 0 Å². The zero-order chi connectivity index (χ0) is 7.49. The predicted molar refractivity (Wildman–Crippen MR) is 27.7 cm³/mol. The fourth-order valence-electron chi connectivity index (χ4n) is 0.219. The fourth-order valence-corrected chi connectivity index (χ4v) is 0.303. The molecular weight excluding hydrogens is 156 g/mol. The molecule has 0 amide bonds. The third-order valence-corrected chi connectivity index (χ3v) is 0.734. The number of hydrogen-bond donors (Lipinski definition) is 0. The van der Waals surface area contributed by atoms with Crippen molar-refractivity contribution in [3.05, 3.63) is 11.9 Å². The molecule has 0 heterocycles. The minimum absolute atomic E-state index is 0.444. The highest BCUT2D eigenvalue weighted by atomic mass is 32.1. The van der Waals surface area contributed by atoms with Gasteiger partial charge in [0.15, 0.2) is 0 Å². The molecule has 0 bridgehead atoms. The van der Waals surface area contributed by atoms with E-state index in [-0.39, 0.29) is 0 Å². The maximum absolute atomic E-state index is 11.7. The molecule has 0 aromatic carbocycles. The zero-order valence-corrected chi connectivity index (χ0v) is 5.02. The number of hydrogen-bond acceptors (Lipinski definition) is 0. The van der Waals surface area contributed by atoms with Gasteiger partial charge in [0.05, 0.1) is 11.8 Å². The summed E-state index contributed by atoms with van der Waals surface area (Å²) in [5.74, 6) is -1.95. The molecule has 0 unspecified atom stereocenters. The summed E-state index contributed by atoms with van der Waals surface area (Å²) < 4.78 is 45.1. The van der Waals surface area contributed by atoms with Crippen LogP contribution in [0.15, 0.2) is 11.9 Å². The third-order valence-electron chi connectivity index (χ3n) is 0.458. The summed E-state index contributed by atoms with van der Waals surface area (Å²) >= 11 is 4.00. The van der Waals surface area contributed by atoms with Gasteiger partial charge in [-0.05, 0) is 0 Å². The zero-order valence-electron chi connectivity index (χ0n) is 4.20. The van der Waals surface area contributed by atoms with E-state index < -0.39 is 23.8 Å². The molecule has 0 fully saturated rings.